The van der Waals surface area contributed by atoms with Gasteiger partial charge in [-0.3, -0.25) is 18.9 Å². The molecule has 1 saturated heterocycles. The van der Waals surface area contributed by atoms with Crippen molar-refractivity contribution in [1.29, 1.82) is 0 Å². The van der Waals surface area contributed by atoms with Crippen LogP contribution in [0.5, 0.6) is 0 Å². The number of sulfonamides is 1. The number of nitrogens with zero attached hydrogens (tertiary/aromatic N) is 4. The average molecular weight is 554 g/mol. The van der Waals surface area contributed by atoms with E-state index in [-0.39, 0.29) is 41.7 Å². The maximum atomic E-state index is 13.6. The lowest BCUT2D eigenvalue weighted by molar-refractivity contribution is -0.120. The minimum Gasteiger partial charge on any atom is -0.391 e. The standard InChI is InChI=1S/C26H24ClN5O5S/c1-17-23(27)4-3-5-24(17)32(38(36,37)22-10-7-18(28-2)8-11-22)16-25(34)30-13-19-6-9-20(14-29-19)31-15-21(33)12-26(31)35/h3-11,14,21,33H,12-13,15-16H2,1H3,(H,30,34). The van der Waals surface area contributed by atoms with Gasteiger partial charge in [0.1, 0.15) is 6.54 Å². The van der Waals surface area contributed by atoms with Crippen molar-refractivity contribution in [3.05, 3.63) is 88.5 Å². The Morgan fingerprint density at radius 2 is 1.97 bits per heavy atom. The number of hydrogen-bond donors (Lipinski definition) is 2. The topological polar surface area (TPSA) is 124 Å². The number of carbonyl (C=O) groups is 2. The number of benzene rings is 2. The fourth-order valence-electron chi connectivity index (χ4n) is 3.98. The fraction of sp³-hybridized carbons (Fsp3) is 0.231. The third-order valence-corrected chi connectivity index (χ3v) is 8.22. The van der Waals surface area contributed by atoms with Gasteiger partial charge < -0.3 is 15.3 Å². The van der Waals surface area contributed by atoms with Crippen LogP contribution >= 0.6 is 11.6 Å². The van der Waals surface area contributed by atoms with E-state index in [4.69, 9.17) is 18.2 Å². The number of nitrogens with one attached hydrogen (secondary N) is 1. The summed E-state index contributed by atoms with van der Waals surface area (Å²) in [5, 5.41) is 12.7. The molecule has 1 atom stereocenters. The number of hydrogen-bond acceptors (Lipinski definition) is 6. The second kappa shape index (κ2) is 11.2. The molecule has 10 nitrogen and oxygen atoms in total. The molecule has 38 heavy (non-hydrogen) atoms. The maximum Gasteiger partial charge on any atom is 0.264 e. The molecule has 12 heteroatoms. The predicted octanol–water partition coefficient (Wildman–Crippen LogP) is 3.20. The number of rotatable bonds is 8. The second-order valence-corrected chi connectivity index (χ2v) is 10.9. The van der Waals surface area contributed by atoms with Gasteiger partial charge in [0.2, 0.25) is 11.8 Å². The zero-order chi connectivity index (χ0) is 27.4. The molecule has 0 aliphatic carbocycles. The van der Waals surface area contributed by atoms with E-state index >= 15 is 0 Å². The third-order valence-electron chi connectivity index (χ3n) is 6.04. The van der Waals surface area contributed by atoms with E-state index in [0.717, 1.165) is 4.31 Å². The Labute approximate surface area is 225 Å². The van der Waals surface area contributed by atoms with Crippen molar-refractivity contribution in [2.24, 2.45) is 0 Å². The van der Waals surface area contributed by atoms with Crippen molar-refractivity contribution in [3.8, 4) is 0 Å². The van der Waals surface area contributed by atoms with Gasteiger partial charge in [0, 0.05) is 5.02 Å². The number of β-amino-alcohol motifs (C(OH)–C–C–N with tert-alkyl or cyclic N) is 1. The Balaban J connectivity index is 1.52. The number of anilines is 2. The first-order valence-corrected chi connectivity index (χ1v) is 13.4. The highest BCUT2D eigenvalue weighted by Gasteiger charge is 2.30. The molecule has 1 aliphatic rings. The molecule has 2 aromatic carbocycles. The van der Waals surface area contributed by atoms with Crippen LogP contribution in [0.3, 0.4) is 0 Å². The fourth-order valence-corrected chi connectivity index (χ4v) is 5.63. The van der Waals surface area contributed by atoms with Crippen molar-refractivity contribution >= 4 is 50.5 Å². The molecule has 2 heterocycles. The highest BCUT2D eigenvalue weighted by molar-refractivity contribution is 7.92. The molecular weight excluding hydrogens is 530 g/mol. The van der Waals surface area contributed by atoms with Gasteiger partial charge in [-0.25, -0.2) is 13.3 Å². The number of amides is 2. The summed E-state index contributed by atoms with van der Waals surface area (Å²) in [5.41, 5.74) is 2.07. The van der Waals surface area contributed by atoms with Crippen LogP contribution in [-0.4, -0.2) is 49.5 Å². The van der Waals surface area contributed by atoms with Crippen molar-refractivity contribution in [2.75, 3.05) is 22.3 Å². The van der Waals surface area contributed by atoms with Gasteiger partial charge in [0.15, 0.2) is 5.69 Å². The van der Waals surface area contributed by atoms with Crippen LogP contribution in [0, 0.1) is 13.5 Å². The zero-order valence-electron chi connectivity index (χ0n) is 20.3. The molecule has 1 fully saturated rings. The van der Waals surface area contributed by atoms with Crippen molar-refractivity contribution in [3.63, 3.8) is 0 Å². The van der Waals surface area contributed by atoms with Crippen molar-refractivity contribution in [2.45, 2.75) is 30.9 Å². The molecule has 0 radical (unpaired) electrons. The SMILES string of the molecule is [C-]#[N+]c1ccc(S(=O)(=O)N(CC(=O)NCc2ccc(N3CC(O)CC3=O)cn2)c2cccc(Cl)c2C)cc1. The summed E-state index contributed by atoms with van der Waals surface area (Å²) in [6.07, 6.45) is 0.831. The molecule has 1 unspecified atom stereocenters. The molecule has 0 saturated carbocycles. The van der Waals surface area contributed by atoms with E-state index in [9.17, 15) is 23.1 Å². The van der Waals surface area contributed by atoms with Gasteiger partial charge in [-0.05, 0) is 36.8 Å². The van der Waals surface area contributed by atoms with Crippen molar-refractivity contribution < 1.29 is 23.1 Å². The lowest BCUT2D eigenvalue weighted by Gasteiger charge is -2.26. The summed E-state index contributed by atoms with van der Waals surface area (Å²) in [6, 6.07) is 13.5. The Kier molecular flexibility index (Phi) is 7.97. The number of halogens is 1. The van der Waals surface area contributed by atoms with Gasteiger partial charge >= 0.3 is 0 Å². The quantitative estimate of drug-likeness (QED) is 0.413. The van der Waals surface area contributed by atoms with Crippen LogP contribution < -0.4 is 14.5 Å². The van der Waals surface area contributed by atoms with Crippen molar-refractivity contribution in [1.82, 2.24) is 10.3 Å². The van der Waals surface area contributed by atoms with E-state index in [1.807, 2.05) is 0 Å². The van der Waals surface area contributed by atoms with E-state index in [0.29, 0.717) is 22.0 Å². The highest BCUT2D eigenvalue weighted by atomic mass is 35.5. The molecule has 1 aliphatic heterocycles. The largest absolute Gasteiger partial charge is 0.391 e. The first-order valence-electron chi connectivity index (χ1n) is 11.6. The van der Waals surface area contributed by atoms with E-state index in [1.165, 1.54) is 35.4 Å². The first-order chi connectivity index (χ1) is 18.1. The first kappa shape index (κ1) is 27.1. The Morgan fingerprint density at radius 3 is 2.58 bits per heavy atom. The van der Waals surface area contributed by atoms with E-state index in [2.05, 4.69) is 15.1 Å². The zero-order valence-corrected chi connectivity index (χ0v) is 21.9. The van der Waals surface area contributed by atoms with Crippen LogP contribution in [0.15, 0.2) is 65.7 Å². The maximum absolute atomic E-state index is 13.6. The summed E-state index contributed by atoms with van der Waals surface area (Å²) in [5.74, 6) is -0.767. The van der Waals surface area contributed by atoms with Gasteiger partial charge in [-0.1, -0.05) is 41.9 Å². The Morgan fingerprint density at radius 1 is 1.24 bits per heavy atom. The van der Waals surface area contributed by atoms with E-state index < -0.39 is 28.6 Å². The molecule has 2 N–H and O–H groups in total. The molecule has 4 rings (SSSR count). The molecule has 196 valence electrons. The molecular formula is C26H24ClN5O5S. The minimum absolute atomic E-state index is 0.0256. The molecule has 0 bridgehead atoms. The number of carbonyl (C=O) groups excluding carboxylic acids is 2. The highest BCUT2D eigenvalue weighted by Crippen LogP contribution is 2.31. The van der Waals surface area contributed by atoms with E-state index in [1.54, 1.807) is 37.3 Å². The summed E-state index contributed by atoms with van der Waals surface area (Å²) >= 11 is 6.25. The summed E-state index contributed by atoms with van der Waals surface area (Å²) < 4.78 is 28.1. The van der Waals surface area contributed by atoms with Gasteiger partial charge in [-0.2, -0.15) is 0 Å². The number of pyridine rings is 1. The third kappa shape index (κ3) is 5.78. The van der Waals surface area contributed by atoms with Gasteiger partial charge in [-0.15, -0.1) is 0 Å². The number of aromatic nitrogens is 1. The summed E-state index contributed by atoms with van der Waals surface area (Å²) in [7, 11) is -4.18. The van der Waals surface area contributed by atoms with Crippen LogP contribution in [0.1, 0.15) is 17.7 Å². The Hall–Kier alpha value is -3.98. The Bertz CT molecular complexity index is 1500. The lowest BCUT2D eigenvalue weighted by Crippen LogP contribution is -2.41. The molecule has 3 aromatic rings. The predicted molar refractivity (Wildman–Crippen MR) is 142 cm³/mol. The normalized spacial score (nSPS) is 15.3. The second-order valence-electron chi connectivity index (χ2n) is 8.65. The molecule has 2 amide bonds. The summed E-state index contributed by atoms with van der Waals surface area (Å²) in [6.45, 7) is 8.45. The number of aliphatic hydroxyl groups excluding tert-OH is 1. The van der Waals surface area contributed by atoms with Crippen LogP contribution in [0.2, 0.25) is 5.02 Å². The van der Waals surface area contributed by atoms with Gasteiger partial charge in [0.25, 0.3) is 10.0 Å². The number of aliphatic hydroxyl groups is 1. The van der Waals surface area contributed by atoms with Gasteiger partial charge in [0.05, 0.1) is 60.3 Å². The monoisotopic (exact) mass is 553 g/mol. The lowest BCUT2D eigenvalue weighted by atomic mass is 10.2. The molecule has 0 spiro atoms. The van der Waals surface area contributed by atoms with Crippen LogP contribution in [0.4, 0.5) is 17.1 Å². The van der Waals surface area contributed by atoms with Crippen LogP contribution in [0.25, 0.3) is 4.85 Å². The summed E-state index contributed by atoms with van der Waals surface area (Å²) in [4.78, 5) is 33.8. The van der Waals surface area contributed by atoms with Crippen LogP contribution in [-0.2, 0) is 26.2 Å². The minimum atomic E-state index is -4.18. The average Bonchev–Trinajstić information content (AvgIpc) is 3.25. The molecule has 1 aromatic heterocycles. The smallest absolute Gasteiger partial charge is 0.264 e.